The molecule has 0 rings (SSSR count). The summed E-state index contributed by atoms with van der Waals surface area (Å²) in [6.07, 6.45) is 6.32. The molecule has 0 radical (unpaired) electrons. The predicted octanol–water partition coefficient (Wildman–Crippen LogP) is 0.741. The lowest BCUT2D eigenvalue weighted by Gasteiger charge is -1.72. The molecule has 2 N–H and O–H groups in total. The van der Waals surface area contributed by atoms with Gasteiger partial charge < -0.3 is 5.73 Å². The van der Waals surface area contributed by atoms with Crippen molar-refractivity contribution in [3.63, 3.8) is 0 Å². The molecule has 0 saturated heterocycles. The van der Waals surface area contributed by atoms with E-state index in [1.807, 2.05) is 0 Å². The SMILES string of the molecule is C#CCCC#CN.Cl. The Morgan fingerprint density at radius 3 is 2.38 bits per heavy atom. The van der Waals surface area contributed by atoms with Gasteiger partial charge in [0.05, 0.1) is 0 Å². The van der Waals surface area contributed by atoms with Crippen LogP contribution >= 0.6 is 12.4 Å². The molecule has 0 amide bonds. The van der Waals surface area contributed by atoms with E-state index in [9.17, 15) is 0 Å². The van der Waals surface area contributed by atoms with Crippen LogP contribution in [-0.2, 0) is 0 Å². The first-order valence-electron chi connectivity index (χ1n) is 2.03. The molecule has 0 unspecified atom stereocenters. The lowest BCUT2D eigenvalue weighted by molar-refractivity contribution is 1.12. The van der Waals surface area contributed by atoms with Crippen LogP contribution in [0.25, 0.3) is 0 Å². The van der Waals surface area contributed by atoms with Gasteiger partial charge in [-0.2, -0.15) is 0 Å². The van der Waals surface area contributed by atoms with E-state index in [0.717, 1.165) is 0 Å². The molecule has 0 aromatic rings. The normalized spacial score (nSPS) is 4.88. The van der Waals surface area contributed by atoms with Gasteiger partial charge in [0, 0.05) is 18.9 Å². The van der Waals surface area contributed by atoms with E-state index in [2.05, 4.69) is 17.9 Å². The molecule has 0 spiro atoms. The van der Waals surface area contributed by atoms with E-state index in [-0.39, 0.29) is 12.4 Å². The summed E-state index contributed by atoms with van der Waals surface area (Å²) >= 11 is 0. The zero-order valence-corrected chi connectivity index (χ0v) is 5.29. The molecular formula is C6H8ClN. The van der Waals surface area contributed by atoms with Gasteiger partial charge in [-0.25, -0.2) is 0 Å². The topological polar surface area (TPSA) is 26.0 Å². The third-order valence-corrected chi connectivity index (χ3v) is 0.496. The average molecular weight is 130 g/mol. The van der Waals surface area contributed by atoms with Crippen molar-refractivity contribution in [1.29, 1.82) is 0 Å². The number of rotatable bonds is 1. The smallest absolute Gasteiger partial charge is 0.0217 e. The first kappa shape index (κ1) is 10.2. The molecule has 1 nitrogen and oxygen atoms in total. The number of halogens is 1. The van der Waals surface area contributed by atoms with Crippen LogP contribution in [0.1, 0.15) is 12.8 Å². The van der Waals surface area contributed by atoms with Gasteiger partial charge >= 0.3 is 0 Å². The maximum absolute atomic E-state index is 4.91. The maximum atomic E-state index is 4.91. The van der Waals surface area contributed by atoms with Crippen molar-refractivity contribution in [2.45, 2.75) is 12.8 Å². The second-order valence-corrected chi connectivity index (χ2v) is 1.03. The molecule has 0 aliphatic carbocycles. The molecule has 0 bridgehead atoms. The predicted molar refractivity (Wildman–Crippen MR) is 37.3 cm³/mol. The number of hydrogen-bond acceptors (Lipinski definition) is 1. The second-order valence-electron chi connectivity index (χ2n) is 1.03. The van der Waals surface area contributed by atoms with E-state index in [1.165, 1.54) is 0 Å². The minimum Gasteiger partial charge on any atom is -0.359 e. The van der Waals surface area contributed by atoms with Gasteiger partial charge in [0.1, 0.15) is 0 Å². The largest absolute Gasteiger partial charge is 0.359 e. The molecule has 44 valence electrons. The lowest BCUT2D eigenvalue weighted by Crippen LogP contribution is -1.75. The Morgan fingerprint density at radius 2 is 2.00 bits per heavy atom. The van der Waals surface area contributed by atoms with Gasteiger partial charge in [-0.05, 0) is 0 Å². The highest BCUT2D eigenvalue weighted by Gasteiger charge is 1.68. The fourth-order valence-electron chi connectivity index (χ4n) is 0.207. The Kier molecular flexibility index (Phi) is 12.2. The van der Waals surface area contributed by atoms with Crippen LogP contribution in [0.3, 0.4) is 0 Å². The fourth-order valence-corrected chi connectivity index (χ4v) is 0.207. The minimum atomic E-state index is 0. The Hall–Kier alpha value is -0.790. The summed E-state index contributed by atoms with van der Waals surface area (Å²) in [5, 5.41) is 0. The highest BCUT2D eigenvalue weighted by Crippen LogP contribution is 1.78. The monoisotopic (exact) mass is 129 g/mol. The third-order valence-electron chi connectivity index (χ3n) is 0.496. The molecule has 0 atom stereocenters. The van der Waals surface area contributed by atoms with Gasteiger partial charge in [-0.3, -0.25) is 0 Å². The maximum Gasteiger partial charge on any atom is 0.0217 e. The highest BCUT2D eigenvalue weighted by molar-refractivity contribution is 5.85. The molecule has 0 fully saturated rings. The van der Waals surface area contributed by atoms with Crippen molar-refractivity contribution in [3.05, 3.63) is 0 Å². The van der Waals surface area contributed by atoms with Crippen molar-refractivity contribution in [3.8, 4) is 24.3 Å². The van der Waals surface area contributed by atoms with Crippen molar-refractivity contribution in [2.75, 3.05) is 0 Å². The highest BCUT2D eigenvalue weighted by atomic mass is 35.5. The lowest BCUT2D eigenvalue weighted by atomic mass is 10.3. The van der Waals surface area contributed by atoms with Crippen LogP contribution in [0, 0.1) is 24.3 Å². The zero-order valence-electron chi connectivity index (χ0n) is 4.48. The van der Waals surface area contributed by atoms with E-state index in [4.69, 9.17) is 12.2 Å². The number of hydrogen-bond donors (Lipinski definition) is 1. The van der Waals surface area contributed by atoms with Crippen LogP contribution in [0.5, 0.6) is 0 Å². The van der Waals surface area contributed by atoms with Crippen molar-refractivity contribution < 1.29 is 0 Å². The summed E-state index contributed by atoms with van der Waals surface area (Å²) in [7, 11) is 0. The van der Waals surface area contributed by atoms with Gasteiger partial charge in [0.25, 0.3) is 0 Å². The van der Waals surface area contributed by atoms with Gasteiger partial charge in [0.15, 0.2) is 0 Å². The van der Waals surface area contributed by atoms with E-state index in [1.54, 1.807) is 0 Å². The Bertz CT molecular complexity index is 124. The van der Waals surface area contributed by atoms with E-state index < -0.39 is 0 Å². The standard InChI is InChI=1S/C6H7N.ClH/c1-2-3-4-5-6-7;/h1H,3-4,7H2;1H. The van der Waals surface area contributed by atoms with Gasteiger partial charge in [-0.15, -0.1) is 24.8 Å². The zero-order chi connectivity index (χ0) is 5.54. The molecule has 0 aromatic heterocycles. The molecule has 8 heavy (non-hydrogen) atoms. The van der Waals surface area contributed by atoms with Crippen molar-refractivity contribution in [2.24, 2.45) is 5.73 Å². The van der Waals surface area contributed by atoms with Gasteiger partial charge in [0.2, 0.25) is 0 Å². The molecule has 0 saturated carbocycles. The Morgan fingerprint density at radius 1 is 1.38 bits per heavy atom. The molecule has 0 aromatic carbocycles. The van der Waals surface area contributed by atoms with Crippen molar-refractivity contribution in [1.82, 2.24) is 0 Å². The number of unbranched alkanes of at least 4 members (excludes halogenated alkanes) is 1. The first-order valence-corrected chi connectivity index (χ1v) is 2.03. The Labute approximate surface area is 56.1 Å². The van der Waals surface area contributed by atoms with Crippen LogP contribution in [-0.4, -0.2) is 0 Å². The third kappa shape index (κ3) is 8.96. The van der Waals surface area contributed by atoms with Crippen LogP contribution < -0.4 is 5.73 Å². The van der Waals surface area contributed by atoms with Gasteiger partial charge in [-0.1, -0.05) is 5.92 Å². The molecule has 0 heterocycles. The fraction of sp³-hybridized carbons (Fsp3) is 0.333. The summed E-state index contributed by atoms with van der Waals surface area (Å²) in [5.41, 5.74) is 4.84. The van der Waals surface area contributed by atoms with Crippen LogP contribution in [0.2, 0.25) is 0 Å². The Balaban J connectivity index is 0. The summed E-state index contributed by atoms with van der Waals surface area (Å²) < 4.78 is 0. The van der Waals surface area contributed by atoms with Crippen LogP contribution in [0.4, 0.5) is 0 Å². The quantitative estimate of drug-likeness (QED) is 0.316. The number of nitrogens with two attached hydrogens (primary N) is 1. The molecular weight excluding hydrogens is 122 g/mol. The molecule has 0 aliphatic heterocycles. The second kappa shape index (κ2) is 9.51. The number of terminal acetylenes is 1. The first-order chi connectivity index (χ1) is 3.41. The summed E-state index contributed by atoms with van der Waals surface area (Å²) in [6, 6.07) is 2.26. The van der Waals surface area contributed by atoms with E-state index >= 15 is 0 Å². The molecule has 0 aliphatic rings. The average Bonchev–Trinajstić information content (AvgIpc) is 1.69. The van der Waals surface area contributed by atoms with Crippen molar-refractivity contribution >= 4 is 12.4 Å². The van der Waals surface area contributed by atoms with Crippen LogP contribution in [0.15, 0.2) is 0 Å². The van der Waals surface area contributed by atoms with E-state index in [0.29, 0.717) is 12.8 Å². The summed E-state index contributed by atoms with van der Waals surface area (Å²) in [6.45, 7) is 0. The minimum absolute atomic E-state index is 0. The molecule has 2 heteroatoms. The summed E-state index contributed by atoms with van der Waals surface area (Å²) in [4.78, 5) is 0. The summed E-state index contributed by atoms with van der Waals surface area (Å²) in [5.74, 6) is 5.08.